The zero-order valence-electron chi connectivity index (χ0n) is 31.6. The van der Waals surface area contributed by atoms with Crippen LogP contribution in [0.5, 0.6) is 0 Å². The van der Waals surface area contributed by atoms with Crippen molar-refractivity contribution in [3.8, 4) is 0 Å². The molecule has 5 aromatic carbocycles. The second-order valence-corrected chi connectivity index (χ2v) is 18.7. The molecule has 0 radical (unpaired) electrons. The second kappa shape index (κ2) is 13.8. The molecule has 3 heteroatoms. The highest BCUT2D eigenvalue weighted by Gasteiger charge is 2.44. The van der Waals surface area contributed by atoms with Crippen LogP contribution in [-0.4, -0.2) is 12.6 Å². The number of fused-ring (bicyclic) bond motifs is 2. The molecule has 2 aliphatic carbocycles. The van der Waals surface area contributed by atoms with Gasteiger partial charge in [-0.3, -0.25) is 0 Å². The van der Waals surface area contributed by atoms with Gasteiger partial charge in [-0.15, -0.1) is 0 Å². The summed E-state index contributed by atoms with van der Waals surface area (Å²) in [5.41, 5.74) is 15.4. The van der Waals surface area contributed by atoms with Gasteiger partial charge in [0, 0.05) is 51.7 Å². The van der Waals surface area contributed by atoms with Crippen LogP contribution in [0.2, 0.25) is 0 Å². The van der Waals surface area contributed by atoms with Crippen molar-refractivity contribution in [2.24, 2.45) is 0 Å². The maximum Gasteiger partial charge on any atom is 0.0489 e. The fourth-order valence-electron chi connectivity index (χ4n) is 9.71. The van der Waals surface area contributed by atoms with Gasteiger partial charge in [0.1, 0.15) is 0 Å². The van der Waals surface area contributed by atoms with Crippen molar-refractivity contribution in [2.45, 2.75) is 80.9 Å². The topological polar surface area (TPSA) is 6.48 Å². The lowest BCUT2D eigenvalue weighted by atomic mass is 9.89. The Morgan fingerprint density at radius 2 is 1.40 bits per heavy atom. The highest BCUT2D eigenvalue weighted by molar-refractivity contribution is 8.37. The summed E-state index contributed by atoms with van der Waals surface area (Å²) in [4.78, 5) is 9.48. The third-order valence-corrected chi connectivity index (χ3v) is 16.7. The molecule has 53 heavy (non-hydrogen) atoms. The molecular formula is C50H50N2S. The smallest absolute Gasteiger partial charge is 0.0489 e. The molecule has 2 aliphatic heterocycles. The molecule has 9 rings (SSSR count). The Balaban J connectivity index is 1.28. The molecule has 1 unspecified atom stereocenters. The van der Waals surface area contributed by atoms with E-state index in [0.29, 0.717) is 6.04 Å². The van der Waals surface area contributed by atoms with Crippen molar-refractivity contribution in [1.82, 2.24) is 0 Å². The lowest BCUT2D eigenvalue weighted by Crippen LogP contribution is -2.37. The van der Waals surface area contributed by atoms with Gasteiger partial charge in [-0.2, -0.15) is 10.0 Å². The summed E-state index contributed by atoms with van der Waals surface area (Å²) >= 11 is 0. The van der Waals surface area contributed by atoms with Gasteiger partial charge in [-0.05, 0) is 151 Å². The first-order chi connectivity index (χ1) is 26.0. The second-order valence-electron chi connectivity index (χ2n) is 15.3. The first-order valence-electron chi connectivity index (χ1n) is 19.5. The summed E-state index contributed by atoms with van der Waals surface area (Å²) in [6.07, 6.45) is 15.7. The largest absolute Gasteiger partial charge is 0.340 e. The van der Waals surface area contributed by atoms with Crippen molar-refractivity contribution >= 4 is 39.2 Å². The van der Waals surface area contributed by atoms with Crippen LogP contribution < -0.4 is 9.80 Å². The van der Waals surface area contributed by atoms with Gasteiger partial charge in [-0.1, -0.05) is 96.6 Å². The molecule has 0 spiro atoms. The molecule has 4 aliphatic rings. The van der Waals surface area contributed by atoms with Crippen LogP contribution in [-0.2, 0) is 6.42 Å². The number of aryl methyl sites for hydroxylation is 1. The van der Waals surface area contributed by atoms with Crippen LogP contribution in [0.25, 0.3) is 12.2 Å². The minimum Gasteiger partial charge on any atom is -0.340 e. The quantitative estimate of drug-likeness (QED) is 0.166. The number of hydrogen-bond donors (Lipinski definition) is 0. The molecule has 2 heterocycles. The van der Waals surface area contributed by atoms with E-state index in [1.165, 1.54) is 90.1 Å². The Kier molecular flexibility index (Phi) is 8.79. The van der Waals surface area contributed by atoms with E-state index in [1.807, 2.05) is 0 Å². The number of allylic oxidation sites excluding steroid dienone is 4. The molecule has 0 amide bonds. The summed E-state index contributed by atoms with van der Waals surface area (Å²) in [5.74, 6) is 0. The first-order valence-corrected chi connectivity index (χ1v) is 21.2. The SMILES string of the molecule is CC1=Cc2c(cccc2N2CCc3ccccc32)[C@H]1S(/C(C)=C\c1c(C)cccc1N1C2=C(CCC=C2)CCC1C)(c1ccccc1)c1ccccc1. The van der Waals surface area contributed by atoms with Crippen molar-refractivity contribution in [3.63, 3.8) is 0 Å². The van der Waals surface area contributed by atoms with E-state index >= 15 is 0 Å². The van der Waals surface area contributed by atoms with E-state index in [2.05, 4.69) is 183 Å². The van der Waals surface area contributed by atoms with E-state index in [4.69, 9.17) is 0 Å². The maximum atomic E-state index is 2.67. The van der Waals surface area contributed by atoms with Gasteiger partial charge in [-0.25, -0.2) is 0 Å². The van der Waals surface area contributed by atoms with Crippen molar-refractivity contribution in [1.29, 1.82) is 0 Å². The molecule has 0 N–H and O–H groups in total. The molecule has 0 saturated carbocycles. The fourth-order valence-corrected chi connectivity index (χ4v) is 14.3. The van der Waals surface area contributed by atoms with Crippen LogP contribution in [0.1, 0.15) is 79.5 Å². The molecule has 266 valence electrons. The summed E-state index contributed by atoms with van der Waals surface area (Å²) in [5, 5.41) is 0.188. The number of nitrogens with zero attached hydrogens (tertiary/aromatic N) is 2. The molecule has 2 atom stereocenters. The van der Waals surface area contributed by atoms with Gasteiger partial charge >= 0.3 is 0 Å². The number of hydrogen-bond acceptors (Lipinski definition) is 2. The van der Waals surface area contributed by atoms with Gasteiger partial charge in [0.15, 0.2) is 0 Å². The van der Waals surface area contributed by atoms with Crippen molar-refractivity contribution in [2.75, 3.05) is 16.3 Å². The number of para-hydroxylation sites is 1. The molecule has 2 nitrogen and oxygen atoms in total. The molecule has 5 aromatic rings. The van der Waals surface area contributed by atoms with Gasteiger partial charge in [0.2, 0.25) is 0 Å². The van der Waals surface area contributed by atoms with Crippen LogP contribution in [0, 0.1) is 6.92 Å². The minimum atomic E-state index is -1.84. The fraction of sp³-hybridized carbons (Fsp3) is 0.240. The summed E-state index contributed by atoms with van der Waals surface area (Å²) in [6.45, 7) is 10.6. The van der Waals surface area contributed by atoms with E-state index in [9.17, 15) is 0 Å². The molecule has 0 aromatic heterocycles. The molecular weight excluding hydrogens is 661 g/mol. The van der Waals surface area contributed by atoms with E-state index in [1.54, 1.807) is 5.57 Å². The minimum absolute atomic E-state index is 0.188. The van der Waals surface area contributed by atoms with E-state index in [0.717, 1.165) is 19.4 Å². The Morgan fingerprint density at radius 1 is 0.717 bits per heavy atom. The van der Waals surface area contributed by atoms with Gasteiger partial charge in [0.25, 0.3) is 0 Å². The molecule has 0 bridgehead atoms. The Bertz CT molecular complexity index is 2270. The lowest BCUT2D eigenvalue weighted by Gasteiger charge is -2.48. The zero-order chi connectivity index (χ0) is 36.1. The summed E-state index contributed by atoms with van der Waals surface area (Å²) in [6, 6.07) is 46.4. The van der Waals surface area contributed by atoms with Crippen molar-refractivity contribution < 1.29 is 0 Å². The summed E-state index contributed by atoms with van der Waals surface area (Å²) in [7, 11) is -1.84. The predicted octanol–water partition coefficient (Wildman–Crippen LogP) is 13.7. The van der Waals surface area contributed by atoms with Crippen LogP contribution in [0.4, 0.5) is 17.1 Å². The van der Waals surface area contributed by atoms with Gasteiger partial charge < -0.3 is 9.80 Å². The lowest BCUT2D eigenvalue weighted by molar-refractivity contribution is 0.576. The zero-order valence-corrected chi connectivity index (χ0v) is 32.4. The van der Waals surface area contributed by atoms with E-state index < -0.39 is 10.0 Å². The first kappa shape index (κ1) is 33.8. The van der Waals surface area contributed by atoms with Gasteiger partial charge in [0.05, 0.1) is 0 Å². The number of benzene rings is 5. The molecule has 0 fully saturated rings. The monoisotopic (exact) mass is 710 g/mol. The van der Waals surface area contributed by atoms with Crippen LogP contribution in [0.15, 0.2) is 165 Å². The number of rotatable bonds is 7. The summed E-state index contributed by atoms with van der Waals surface area (Å²) < 4.78 is 0. The Hall–Kier alpha value is -4.99. The third-order valence-electron chi connectivity index (χ3n) is 12.2. The highest BCUT2D eigenvalue weighted by atomic mass is 32.3. The predicted molar refractivity (Wildman–Crippen MR) is 228 cm³/mol. The van der Waals surface area contributed by atoms with Crippen LogP contribution in [0.3, 0.4) is 0 Å². The molecule has 0 saturated heterocycles. The average molecular weight is 711 g/mol. The highest BCUT2D eigenvalue weighted by Crippen LogP contribution is 2.79. The maximum absolute atomic E-state index is 2.67. The third kappa shape index (κ3) is 5.55. The Morgan fingerprint density at radius 3 is 2.17 bits per heavy atom. The van der Waals surface area contributed by atoms with Crippen LogP contribution >= 0.6 is 10.0 Å². The normalized spacial score (nSPS) is 19.9. The van der Waals surface area contributed by atoms with E-state index in [-0.39, 0.29) is 5.25 Å². The Labute approximate surface area is 318 Å². The average Bonchev–Trinajstić information content (AvgIpc) is 3.78. The van der Waals surface area contributed by atoms with Crippen molar-refractivity contribution in [3.05, 3.63) is 183 Å². The standard InChI is InChI=1S/C50H50N2S/c1-35-17-15-28-49(52-37(3)29-30-39-18-12-14-26-47(39)52)44(35)34-38(4)53(41-20-7-5-8-21-41,42-22-9-6-10-23-42)50-36(2)33-45-43(50)24-16-27-48(45)51-32-31-40-19-11-13-25-46(40)51/h5-11,13-17,19-28,33-34,37,50H,12,18,29-32H2,1-4H3/b38-34-/t37?,50-/m0/s1. The number of anilines is 3.